The molecule has 0 radical (unpaired) electrons. The minimum atomic E-state index is 0.0932. The van der Waals surface area contributed by atoms with E-state index in [0.29, 0.717) is 29.8 Å². The van der Waals surface area contributed by atoms with Gasteiger partial charge in [0.05, 0.1) is 19.0 Å². The van der Waals surface area contributed by atoms with Gasteiger partial charge in [0.1, 0.15) is 17.7 Å². The number of hydrogen-bond acceptors (Lipinski definition) is 7. The van der Waals surface area contributed by atoms with Crippen LogP contribution < -0.4 is 10.3 Å². The molecule has 3 aliphatic rings. The third-order valence-electron chi connectivity index (χ3n) is 5.33. The fraction of sp³-hybridized carbons (Fsp3) is 0.600. The normalized spacial score (nSPS) is 27.4. The van der Waals surface area contributed by atoms with E-state index >= 15 is 0 Å². The van der Waals surface area contributed by atoms with Gasteiger partial charge in [-0.25, -0.2) is 4.98 Å². The van der Waals surface area contributed by atoms with E-state index in [4.69, 9.17) is 16.3 Å². The summed E-state index contributed by atoms with van der Waals surface area (Å²) in [4.78, 5) is 6.49. The van der Waals surface area contributed by atoms with Gasteiger partial charge < -0.3 is 4.74 Å². The van der Waals surface area contributed by atoms with Crippen molar-refractivity contribution in [3.05, 3.63) is 23.4 Å². The Morgan fingerprint density at radius 2 is 2.24 bits per heavy atom. The molecule has 10 heteroatoms. The van der Waals surface area contributed by atoms with Crippen molar-refractivity contribution >= 4 is 23.4 Å². The molecule has 0 aromatic carbocycles. The maximum absolute atomic E-state index is 6.42. The average molecular weight is 363 g/mol. The number of nitrogens with one attached hydrogen (secondary N) is 1. The molecule has 3 atom stereocenters. The zero-order valence-corrected chi connectivity index (χ0v) is 14.6. The lowest BCUT2D eigenvalue weighted by atomic mass is 9.80. The molecule has 0 bridgehead atoms. The van der Waals surface area contributed by atoms with E-state index < -0.39 is 0 Å². The third kappa shape index (κ3) is 2.18. The predicted octanol–water partition coefficient (Wildman–Crippen LogP) is 1.57. The number of rotatable bonds is 2. The number of halogens is 1. The molecule has 4 heterocycles. The number of hydrazone groups is 1. The number of fused-ring (bicyclic) bond motifs is 6. The van der Waals surface area contributed by atoms with Gasteiger partial charge in [0.15, 0.2) is 0 Å². The molecule has 5 rings (SSSR count). The van der Waals surface area contributed by atoms with Crippen LogP contribution in [0, 0.1) is 5.92 Å². The number of ether oxygens (including phenoxy) is 1. The summed E-state index contributed by atoms with van der Waals surface area (Å²) < 4.78 is 8.95. The first-order chi connectivity index (χ1) is 12.3. The largest absolute Gasteiger partial charge is 0.378 e. The second kappa shape index (κ2) is 5.70. The van der Waals surface area contributed by atoms with Crippen molar-refractivity contribution in [3.8, 4) is 0 Å². The van der Waals surface area contributed by atoms with Gasteiger partial charge in [0.2, 0.25) is 5.28 Å². The molecule has 1 fully saturated rings. The van der Waals surface area contributed by atoms with E-state index in [2.05, 4.69) is 35.3 Å². The Labute approximate surface area is 149 Å². The molecule has 2 aromatic rings. The van der Waals surface area contributed by atoms with Crippen molar-refractivity contribution in [1.29, 1.82) is 0 Å². The maximum Gasteiger partial charge on any atom is 0.252 e. The Kier molecular flexibility index (Phi) is 3.46. The van der Waals surface area contributed by atoms with Crippen molar-refractivity contribution in [1.82, 2.24) is 30.0 Å². The van der Waals surface area contributed by atoms with E-state index in [1.54, 1.807) is 11.8 Å². The minimum absolute atomic E-state index is 0.0932. The lowest BCUT2D eigenvalue weighted by molar-refractivity contribution is 0.176. The van der Waals surface area contributed by atoms with Crippen LogP contribution in [0.4, 0.5) is 5.82 Å². The lowest BCUT2D eigenvalue weighted by Gasteiger charge is -2.45. The van der Waals surface area contributed by atoms with E-state index in [-0.39, 0.29) is 6.17 Å². The molecule has 132 valence electrons. The molecular formula is C15H19ClN8O. The summed E-state index contributed by atoms with van der Waals surface area (Å²) in [7, 11) is 1.64. The summed E-state index contributed by atoms with van der Waals surface area (Å²) in [6.45, 7) is 0.415. The lowest BCUT2D eigenvalue weighted by Crippen LogP contribution is -2.54. The van der Waals surface area contributed by atoms with Gasteiger partial charge in [-0.2, -0.15) is 4.68 Å². The van der Waals surface area contributed by atoms with E-state index in [0.717, 1.165) is 24.4 Å². The van der Waals surface area contributed by atoms with Crippen LogP contribution in [0.2, 0.25) is 5.28 Å². The Hall–Kier alpha value is -2.13. The van der Waals surface area contributed by atoms with Crippen LogP contribution >= 0.6 is 11.6 Å². The molecule has 0 amide bonds. The minimum Gasteiger partial charge on any atom is -0.378 e. The average Bonchev–Trinajstić information content (AvgIpc) is 3.33. The van der Waals surface area contributed by atoms with Crippen LogP contribution in [-0.4, -0.2) is 43.8 Å². The van der Waals surface area contributed by atoms with Crippen LogP contribution in [-0.2, 0) is 11.3 Å². The van der Waals surface area contributed by atoms with Crippen molar-refractivity contribution in [3.63, 3.8) is 0 Å². The molecule has 25 heavy (non-hydrogen) atoms. The van der Waals surface area contributed by atoms with E-state index in [9.17, 15) is 0 Å². The quantitative estimate of drug-likeness (QED) is 0.872. The molecule has 1 N–H and O–H groups in total. The molecule has 1 aliphatic carbocycles. The van der Waals surface area contributed by atoms with Crippen molar-refractivity contribution < 1.29 is 4.74 Å². The topological polar surface area (TPSA) is 85.4 Å². The van der Waals surface area contributed by atoms with E-state index in [1.807, 2.05) is 12.4 Å². The first kappa shape index (κ1) is 15.2. The summed E-state index contributed by atoms with van der Waals surface area (Å²) in [5.74, 6) is 2.06. The number of nitrogens with zero attached hydrogens (tertiary/aromatic N) is 7. The summed E-state index contributed by atoms with van der Waals surface area (Å²) >= 11 is 6.42. The highest BCUT2D eigenvalue weighted by Gasteiger charge is 2.48. The Bertz CT molecular complexity index is 829. The van der Waals surface area contributed by atoms with Crippen molar-refractivity contribution in [2.75, 3.05) is 12.0 Å². The van der Waals surface area contributed by atoms with Gasteiger partial charge in [0, 0.05) is 19.1 Å². The number of methoxy groups -OCH3 is 1. The number of imidazole rings is 1. The fourth-order valence-corrected chi connectivity index (χ4v) is 4.57. The third-order valence-corrected chi connectivity index (χ3v) is 5.61. The molecular weight excluding hydrogens is 344 g/mol. The summed E-state index contributed by atoms with van der Waals surface area (Å²) in [6, 6.07) is 0.363. The monoisotopic (exact) mass is 362 g/mol. The molecule has 1 saturated carbocycles. The second-order valence-corrected chi connectivity index (χ2v) is 7.05. The second-order valence-electron chi connectivity index (χ2n) is 6.71. The summed E-state index contributed by atoms with van der Waals surface area (Å²) in [5.41, 5.74) is 4.06. The number of anilines is 1. The van der Waals surface area contributed by atoms with Crippen molar-refractivity contribution in [2.24, 2.45) is 11.0 Å². The maximum atomic E-state index is 6.42. The van der Waals surface area contributed by atoms with Crippen LogP contribution in [0.15, 0.2) is 17.5 Å². The van der Waals surface area contributed by atoms with Gasteiger partial charge >= 0.3 is 0 Å². The Balaban J connectivity index is 1.57. The molecule has 2 aliphatic heterocycles. The molecule has 3 unspecified atom stereocenters. The van der Waals surface area contributed by atoms with Crippen LogP contribution in [0.1, 0.15) is 37.4 Å². The predicted molar refractivity (Wildman–Crippen MR) is 91.2 cm³/mol. The highest BCUT2D eigenvalue weighted by molar-refractivity contribution is 6.28. The molecule has 9 nitrogen and oxygen atoms in total. The Morgan fingerprint density at radius 3 is 3.12 bits per heavy atom. The highest BCUT2D eigenvalue weighted by Crippen LogP contribution is 2.46. The zero-order chi connectivity index (χ0) is 17.0. The molecule has 2 aromatic heterocycles. The summed E-state index contributed by atoms with van der Waals surface area (Å²) in [6.07, 6.45) is 8.45. The molecule has 0 spiro atoms. The van der Waals surface area contributed by atoms with Crippen LogP contribution in [0.5, 0.6) is 0 Å². The standard InChI is InChI=1S/C15H19ClN8O/c1-25-8-9-7-22(21-18-9)15-20-19-13-10-4-2-3-5-11(10)23-12(24(13)15)6-17-14(23)16/h6-7,10-11,13,19H,2-5,8H2,1H3. The van der Waals surface area contributed by atoms with Gasteiger partial charge in [-0.05, 0) is 24.4 Å². The van der Waals surface area contributed by atoms with Crippen molar-refractivity contribution in [2.45, 2.75) is 44.5 Å². The van der Waals surface area contributed by atoms with E-state index in [1.165, 1.54) is 12.8 Å². The zero-order valence-electron chi connectivity index (χ0n) is 13.8. The number of aromatic nitrogens is 5. The SMILES string of the molecule is COCc1cn(C2=NNC3C4CCCCC4n4c(cnc4Cl)N23)nn1. The van der Waals surface area contributed by atoms with Gasteiger partial charge in [-0.15, -0.1) is 10.2 Å². The van der Waals surface area contributed by atoms with Gasteiger partial charge in [-0.1, -0.05) is 18.1 Å². The van der Waals surface area contributed by atoms with Crippen LogP contribution in [0.3, 0.4) is 0 Å². The highest BCUT2D eigenvalue weighted by atomic mass is 35.5. The van der Waals surface area contributed by atoms with Crippen LogP contribution in [0.25, 0.3) is 0 Å². The first-order valence-electron chi connectivity index (χ1n) is 8.53. The molecule has 0 saturated heterocycles. The first-order valence-corrected chi connectivity index (χ1v) is 8.91. The smallest absolute Gasteiger partial charge is 0.252 e. The summed E-state index contributed by atoms with van der Waals surface area (Å²) in [5, 5.41) is 13.4. The van der Waals surface area contributed by atoms with Gasteiger partial charge in [-0.3, -0.25) is 14.9 Å². The fourth-order valence-electron chi connectivity index (χ4n) is 4.31. The van der Waals surface area contributed by atoms with Gasteiger partial charge in [0.25, 0.3) is 5.96 Å². The number of hydrogen-bond donors (Lipinski definition) is 1. The Morgan fingerprint density at radius 1 is 1.36 bits per heavy atom.